The number of nitrogens with zero attached hydrogens (tertiary/aromatic N) is 1. The van der Waals surface area contributed by atoms with Crippen molar-refractivity contribution in [2.75, 3.05) is 0 Å². The Morgan fingerprint density at radius 3 is 2.75 bits per heavy atom. The summed E-state index contributed by atoms with van der Waals surface area (Å²) in [5.74, 6) is 0.421. The monoisotopic (exact) mass is 167 g/mol. The summed E-state index contributed by atoms with van der Waals surface area (Å²) < 4.78 is 12.6. The average Bonchev–Trinajstić information content (AvgIpc) is 2.01. The van der Waals surface area contributed by atoms with E-state index in [4.69, 9.17) is 0 Å². The van der Waals surface area contributed by atoms with E-state index in [0.29, 0.717) is 5.92 Å². The molecule has 0 saturated heterocycles. The average molecular weight is 167 g/mol. The fourth-order valence-corrected chi connectivity index (χ4v) is 1.05. The van der Waals surface area contributed by atoms with Crippen LogP contribution < -0.4 is 0 Å². The summed E-state index contributed by atoms with van der Waals surface area (Å²) in [6.07, 6.45) is 4.97. The van der Waals surface area contributed by atoms with Gasteiger partial charge in [0.1, 0.15) is 5.82 Å². The van der Waals surface area contributed by atoms with E-state index in [9.17, 15) is 4.39 Å². The molecule has 1 aromatic heterocycles. The van der Waals surface area contributed by atoms with Gasteiger partial charge in [-0.2, -0.15) is 0 Å². The van der Waals surface area contributed by atoms with Gasteiger partial charge in [-0.1, -0.05) is 13.8 Å². The first-order valence-corrected chi connectivity index (χ1v) is 4.28. The van der Waals surface area contributed by atoms with E-state index >= 15 is 0 Å². The molecule has 0 aliphatic rings. The summed E-state index contributed by atoms with van der Waals surface area (Å²) in [4.78, 5) is 3.79. The SMILES string of the molecule is CC(C)CCc1cncc(F)c1. The highest BCUT2D eigenvalue weighted by molar-refractivity contribution is 5.10. The molecule has 0 spiro atoms. The molecule has 2 heteroatoms. The minimum atomic E-state index is -0.240. The first-order chi connectivity index (χ1) is 5.68. The summed E-state index contributed by atoms with van der Waals surface area (Å²) in [5.41, 5.74) is 0.990. The van der Waals surface area contributed by atoms with E-state index in [-0.39, 0.29) is 5.82 Å². The predicted molar refractivity (Wildman–Crippen MR) is 47.4 cm³/mol. The summed E-state index contributed by atoms with van der Waals surface area (Å²) in [7, 11) is 0. The Labute approximate surface area is 72.6 Å². The van der Waals surface area contributed by atoms with Crippen LogP contribution in [0.25, 0.3) is 0 Å². The Bertz CT molecular complexity index is 245. The van der Waals surface area contributed by atoms with Crippen LogP contribution in [0.3, 0.4) is 0 Å². The molecule has 0 atom stereocenters. The zero-order valence-corrected chi connectivity index (χ0v) is 7.55. The first-order valence-electron chi connectivity index (χ1n) is 4.28. The zero-order valence-electron chi connectivity index (χ0n) is 7.55. The van der Waals surface area contributed by atoms with Crippen LogP contribution in [0, 0.1) is 11.7 Å². The maximum atomic E-state index is 12.6. The first kappa shape index (κ1) is 9.17. The topological polar surface area (TPSA) is 12.9 Å². The molecule has 0 aromatic carbocycles. The molecule has 1 rings (SSSR count). The second-order valence-corrected chi connectivity index (χ2v) is 3.44. The number of rotatable bonds is 3. The molecule has 1 aromatic rings. The van der Waals surface area contributed by atoms with Crippen LogP contribution in [0.2, 0.25) is 0 Å². The van der Waals surface area contributed by atoms with Gasteiger partial charge in [0, 0.05) is 6.20 Å². The lowest BCUT2D eigenvalue weighted by Crippen LogP contribution is -1.93. The molecule has 0 bridgehead atoms. The van der Waals surface area contributed by atoms with Crippen LogP contribution in [0.4, 0.5) is 4.39 Å². The van der Waals surface area contributed by atoms with Gasteiger partial charge in [0.15, 0.2) is 0 Å². The minimum Gasteiger partial charge on any atom is -0.261 e. The molecule has 1 heterocycles. The molecule has 1 nitrogen and oxygen atoms in total. The number of pyridine rings is 1. The van der Waals surface area contributed by atoms with Crippen molar-refractivity contribution < 1.29 is 4.39 Å². The highest BCUT2D eigenvalue weighted by Crippen LogP contribution is 2.08. The summed E-state index contributed by atoms with van der Waals surface area (Å²) in [5, 5.41) is 0. The lowest BCUT2D eigenvalue weighted by molar-refractivity contribution is 0.579. The molecule has 0 saturated carbocycles. The third-order valence-corrected chi connectivity index (χ3v) is 1.77. The molecule has 66 valence electrons. The van der Waals surface area contributed by atoms with E-state index < -0.39 is 0 Å². The fourth-order valence-electron chi connectivity index (χ4n) is 1.05. The van der Waals surface area contributed by atoms with Crippen LogP contribution in [0.1, 0.15) is 25.8 Å². The summed E-state index contributed by atoms with van der Waals surface area (Å²) in [6, 6.07) is 1.55. The van der Waals surface area contributed by atoms with Gasteiger partial charge in [-0.05, 0) is 30.4 Å². The van der Waals surface area contributed by atoms with Crippen molar-refractivity contribution in [3.8, 4) is 0 Å². The normalized spacial score (nSPS) is 10.7. The Morgan fingerprint density at radius 1 is 1.42 bits per heavy atom. The van der Waals surface area contributed by atoms with Crippen molar-refractivity contribution >= 4 is 0 Å². The fraction of sp³-hybridized carbons (Fsp3) is 0.500. The van der Waals surface area contributed by atoms with Crippen LogP contribution in [-0.2, 0) is 6.42 Å². The third kappa shape index (κ3) is 2.99. The molecule has 0 N–H and O–H groups in total. The maximum absolute atomic E-state index is 12.6. The van der Waals surface area contributed by atoms with Crippen molar-refractivity contribution in [3.63, 3.8) is 0 Å². The van der Waals surface area contributed by atoms with E-state index in [1.54, 1.807) is 12.3 Å². The molecule has 0 radical (unpaired) electrons. The Balaban J connectivity index is 2.52. The smallest absolute Gasteiger partial charge is 0.141 e. The Kier molecular flexibility index (Phi) is 3.20. The van der Waals surface area contributed by atoms with Gasteiger partial charge in [-0.15, -0.1) is 0 Å². The molecule has 0 amide bonds. The molecule has 0 aliphatic heterocycles. The van der Waals surface area contributed by atoms with Crippen molar-refractivity contribution in [3.05, 3.63) is 29.8 Å². The second kappa shape index (κ2) is 4.19. The standard InChI is InChI=1S/C10H14FN/c1-8(2)3-4-9-5-10(11)7-12-6-9/h5-8H,3-4H2,1-2H3. The lowest BCUT2D eigenvalue weighted by Gasteiger charge is -2.03. The third-order valence-electron chi connectivity index (χ3n) is 1.77. The zero-order chi connectivity index (χ0) is 8.97. The van der Waals surface area contributed by atoms with Gasteiger partial charge in [0.2, 0.25) is 0 Å². The van der Waals surface area contributed by atoms with Gasteiger partial charge in [0.05, 0.1) is 6.20 Å². The Morgan fingerprint density at radius 2 is 2.17 bits per heavy atom. The van der Waals surface area contributed by atoms with Crippen LogP contribution in [-0.4, -0.2) is 4.98 Å². The quantitative estimate of drug-likeness (QED) is 0.674. The van der Waals surface area contributed by atoms with Crippen molar-refractivity contribution in [2.45, 2.75) is 26.7 Å². The van der Waals surface area contributed by atoms with Crippen LogP contribution in [0.15, 0.2) is 18.5 Å². The van der Waals surface area contributed by atoms with Gasteiger partial charge in [0.25, 0.3) is 0 Å². The summed E-state index contributed by atoms with van der Waals surface area (Å²) >= 11 is 0. The highest BCUT2D eigenvalue weighted by atomic mass is 19.1. The molecular weight excluding hydrogens is 153 g/mol. The molecular formula is C10H14FN. The molecule has 0 unspecified atom stereocenters. The molecule has 0 aliphatic carbocycles. The Hall–Kier alpha value is -0.920. The maximum Gasteiger partial charge on any atom is 0.141 e. The number of hydrogen-bond acceptors (Lipinski definition) is 1. The van der Waals surface area contributed by atoms with E-state index in [1.807, 2.05) is 0 Å². The highest BCUT2D eigenvalue weighted by Gasteiger charge is 1.98. The van der Waals surface area contributed by atoms with Gasteiger partial charge >= 0.3 is 0 Å². The van der Waals surface area contributed by atoms with Crippen LogP contribution in [0.5, 0.6) is 0 Å². The second-order valence-electron chi connectivity index (χ2n) is 3.44. The van der Waals surface area contributed by atoms with Crippen molar-refractivity contribution in [1.82, 2.24) is 4.98 Å². The van der Waals surface area contributed by atoms with Crippen LogP contribution >= 0.6 is 0 Å². The van der Waals surface area contributed by atoms with Gasteiger partial charge < -0.3 is 0 Å². The van der Waals surface area contributed by atoms with E-state index in [1.165, 1.54) is 6.20 Å². The van der Waals surface area contributed by atoms with E-state index in [0.717, 1.165) is 18.4 Å². The van der Waals surface area contributed by atoms with Gasteiger partial charge in [-0.3, -0.25) is 4.98 Å². The minimum absolute atomic E-state index is 0.240. The van der Waals surface area contributed by atoms with Crippen molar-refractivity contribution in [2.24, 2.45) is 5.92 Å². The lowest BCUT2D eigenvalue weighted by atomic mass is 10.0. The molecule has 12 heavy (non-hydrogen) atoms. The number of halogens is 1. The van der Waals surface area contributed by atoms with E-state index in [2.05, 4.69) is 18.8 Å². The summed E-state index contributed by atoms with van der Waals surface area (Å²) in [6.45, 7) is 4.32. The van der Waals surface area contributed by atoms with Gasteiger partial charge in [-0.25, -0.2) is 4.39 Å². The predicted octanol–water partition coefficient (Wildman–Crippen LogP) is 2.81. The van der Waals surface area contributed by atoms with Crippen molar-refractivity contribution in [1.29, 1.82) is 0 Å². The number of aryl methyl sites for hydroxylation is 1. The number of aromatic nitrogens is 1. The molecule has 0 fully saturated rings. The largest absolute Gasteiger partial charge is 0.261 e. The number of hydrogen-bond donors (Lipinski definition) is 0.